The van der Waals surface area contributed by atoms with Crippen molar-refractivity contribution in [3.63, 3.8) is 0 Å². The Morgan fingerprint density at radius 1 is 0.362 bits per heavy atom. The molecule has 2 unspecified atom stereocenters. The Morgan fingerprint density at radius 3 is 0.759 bits per heavy atom. The molecule has 0 aromatic carbocycles. The molecule has 0 saturated heterocycles. The van der Waals surface area contributed by atoms with E-state index in [2.05, 4.69) is 13.8 Å². The van der Waals surface area contributed by atoms with Crippen LogP contribution in [0.2, 0.25) is 0 Å². The van der Waals surface area contributed by atoms with Gasteiger partial charge in [-0.25, -0.2) is 0 Å². The summed E-state index contributed by atoms with van der Waals surface area (Å²) in [5.41, 5.74) is 0. The largest absolute Gasteiger partial charge is 0.481 e. The molecule has 12 heteroatoms. The van der Waals surface area contributed by atoms with Crippen molar-refractivity contribution in [2.45, 2.75) is 244 Å². The molecule has 0 aliphatic carbocycles. The molecule has 0 amide bonds. The number of hydrogen-bond donors (Lipinski definition) is 6. The zero-order valence-electron chi connectivity index (χ0n) is 37.2. The number of carboxylic acid groups (broad SMARTS) is 2. The highest BCUT2D eigenvalue weighted by Crippen LogP contribution is 2.15. The minimum atomic E-state index is -1.08. The van der Waals surface area contributed by atoms with Crippen molar-refractivity contribution in [3.05, 3.63) is 0 Å². The highest BCUT2D eigenvalue weighted by Gasteiger charge is 2.08. The monoisotopic (exact) mass is 835 g/mol. The number of rotatable bonds is 41. The van der Waals surface area contributed by atoms with E-state index in [1.807, 2.05) is 0 Å². The Kier molecular flexibility index (Phi) is 52.6. The standard InChI is InChI=1S/2C21H42O4.C4H6O4/c2*1-2-3-4-5-6-7-8-9-10-11-12-13-14-15-16-17-21(24)25-19-20(23)18-22;5-3(6)1-2-4(7)8/h2*20,22-23H,2-19H2,1H3;1-2H2,(H,5,6)(H,7,8). The first-order valence-electron chi connectivity index (χ1n) is 23.4. The molecule has 0 aromatic heterocycles. The third-order valence-electron chi connectivity index (χ3n) is 9.82. The molecule has 346 valence electrons. The Bertz CT molecular complexity index is 815. The minimum absolute atomic E-state index is 0.103. The van der Waals surface area contributed by atoms with Crippen molar-refractivity contribution in [2.75, 3.05) is 26.4 Å². The first kappa shape index (κ1) is 60.0. The molecule has 0 radical (unpaired) electrons. The predicted octanol–water partition coefficient (Wildman–Crippen LogP) is 10.2. The molecule has 0 fully saturated rings. The van der Waals surface area contributed by atoms with Crippen LogP contribution in [0.5, 0.6) is 0 Å². The van der Waals surface area contributed by atoms with Gasteiger partial charge in [0.25, 0.3) is 0 Å². The summed E-state index contributed by atoms with van der Waals surface area (Å²) in [6.07, 6.45) is 37.5. The van der Waals surface area contributed by atoms with E-state index >= 15 is 0 Å². The first-order valence-corrected chi connectivity index (χ1v) is 23.4. The van der Waals surface area contributed by atoms with Crippen LogP contribution in [0.1, 0.15) is 232 Å². The van der Waals surface area contributed by atoms with E-state index in [0.29, 0.717) is 12.8 Å². The lowest BCUT2D eigenvalue weighted by molar-refractivity contribution is -0.148. The Balaban J connectivity index is -0.000000877. The van der Waals surface area contributed by atoms with Crippen molar-refractivity contribution < 1.29 is 59.3 Å². The second-order valence-electron chi connectivity index (χ2n) is 15.7. The average Bonchev–Trinajstić information content (AvgIpc) is 3.21. The number of carbonyl (C=O) groups excluding carboxylic acids is 2. The molecule has 0 spiro atoms. The average molecular weight is 835 g/mol. The van der Waals surface area contributed by atoms with Crippen molar-refractivity contribution in [2.24, 2.45) is 0 Å². The van der Waals surface area contributed by atoms with E-state index in [1.54, 1.807) is 0 Å². The molecule has 0 aliphatic heterocycles. The van der Waals surface area contributed by atoms with Crippen molar-refractivity contribution in [3.8, 4) is 0 Å². The number of carboxylic acids is 2. The third kappa shape index (κ3) is 58.0. The number of hydrogen-bond acceptors (Lipinski definition) is 10. The number of ether oxygens (including phenoxy) is 2. The number of esters is 2. The van der Waals surface area contributed by atoms with Crippen LogP contribution in [-0.2, 0) is 28.7 Å². The van der Waals surface area contributed by atoms with Crippen LogP contribution in [0.25, 0.3) is 0 Å². The van der Waals surface area contributed by atoms with Crippen LogP contribution >= 0.6 is 0 Å². The molecule has 0 rings (SSSR count). The molecule has 0 aromatic rings. The Hall–Kier alpha value is -2.28. The first-order chi connectivity index (χ1) is 28.0. The molecule has 6 N–H and O–H groups in total. The van der Waals surface area contributed by atoms with Crippen LogP contribution in [0, 0.1) is 0 Å². The summed E-state index contributed by atoms with van der Waals surface area (Å²) in [5, 5.41) is 51.2. The van der Waals surface area contributed by atoms with E-state index in [1.165, 1.54) is 167 Å². The highest BCUT2D eigenvalue weighted by molar-refractivity contribution is 5.75. The van der Waals surface area contributed by atoms with Gasteiger partial charge in [-0.2, -0.15) is 0 Å². The smallest absolute Gasteiger partial charge is 0.305 e. The van der Waals surface area contributed by atoms with Gasteiger partial charge in [-0.15, -0.1) is 0 Å². The lowest BCUT2D eigenvalue weighted by atomic mass is 10.0. The quantitative estimate of drug-likeness (QED) is 0.0251. The van der Waals surface area contributed by atoms with Gasteiger partial charge in [-0.05, 0) is 12.8 Å². The van der Waals surface area contributed by atoms with Gasteiger partial charge >= 0.3 is 23.9 Å². The maximum atomic E-state index is 11.4. The van der Waals surface area contributed by atoms with Gasteiger partial charge in [0.15, 0.2) is 0 Å². The van der Waals surface area contributed by atoms with Gasteiger partial charge in [0.2, 0.25) is 0 Å². The minimum Gasteiger partial charge on any atom is -0.481 e. The molecule has 12 nitrogen and oxygen atoms in total. The van der Waals surface area contributed by atoms with E-state index in [9.17, 15) is 19.2 Å². The fourth-order valence-corrected chi connectivity index (χ4v) is 6.12. The fourth-order valence-electron chi connectivity index (χ4n) is 6.12. The fraction of sp³-hybridized carbons (Fsp3) is 0.913. The lowest BCUT2D eigenvalue weighted by Gasteiger charge is -2.08. The van der Waals surface area contributed by atoms with Crippen LogP contribution in [0.4, 0.5) is 0 Å². The summed E-state index contributed by atoms with van der Waals surface area (Å²) in [7, 11) is 0. The predicted molar refractivity (Wildman–Crippen MR) is 232 cm³/mol. The van der Waals surface area contributed by atoms with Gasteiger partial charge < -0.3 is 40.1 Å². The molecule has 0 aliphatic rings. The summed E-state index contributed by atoms with van der Waals surface area (Å²) in [6.45, 7) is 3.59. The second-order valence-corrected chi connectivity index (χ2v) is 15.7. The van der Waals surface area contributed by atoms with Crippen molar-refractivity contribution in [1.82, 2.24) is 0 Å². The van der Waals surface area contributed by atoms with E-state index in [-0.39, 0.29) is 51.2 Å². The Labute approximate surface area is 353 Å². The summed E-state index contributed by atoms with van der Waals surface area (Å²) < 4.78 is 9.73. The third-order valence-corrected chi connectivity index (χ3v) is 9.82. The van der Waals surface area contributed by atoms with Crippen LogP contribution in [0.3, 0.4) is 0 Å². The second kappa shape index (κ2) is 50.9. The van der Waals surface area contributed by atoms with Gasteiger partial charge in [0, 0.05) is 12.8 Å². The normalized spacial score (nSPS) is 11.8. The summed E-state index contributed by atoms with van der Waals surface area (Å²) in [5.74, 6) is -2.70. The van der Waals surface area contributed by atoms with Gasteiger partial charge in [0.1, 0.15) is 25.4 Å². The van der Waals surface area contributed by atoms with Crippen molar-refractivity contribution >= 4 is 23.9 Å². The van der Waals surface area contributed by atoms with E-state index in [0.717, 1.165) is 25.7 Å². The van der Waals surface area contributed by atoms with Crippen molar-refractivity contribution in [1.29, 1.82) is 0 Å². The number of aliphatic carboxylic acids is 2. The molecule has 58 heavy (non-hydrogen) atoms. The highest BCUT2D eigenvalue weighted by atomic mass is 16.5. The zero-order valence-corrected chi connectivity index (χ0v) is 37.2. The lowest BCUT2D eigenvalue weighted by Crippen LogP contribution is -2.21. The van der Waals surface area contributed by atoms with Gasteiger partial charge in [0.05, 0.1) is 26.1 Å². The van der Waals surface area contributed by atoms with E-state index in [4.69, 9.17) is 40.1 Å². The molecule has 0 bridgehead atoms. The summed E-state index contributed by atoms with van der Waals surface area (Å²) >= 11 is 0. The molecular formula is C46H90O12. The van der Waals surface area contributed by atoms with Crippen LogP contribution in [-0.4, -0.2) is 93.2 Å². The van der Waals surface area contributed by atoms with Crippen LogP contribution < -0.4 is 0 Å². The zero-order chi connectivity index (χ0) is 43.7. The van der Waals surface area contributed by atoms with Gasteiger partial charge in [-0.1, -0.05) is 194 Å². The summed E-state index contributed by atoms with van der Waals surface area (Å²) in [4.78, 5) is 42.0. The van der Waals surface area contributed by atoms with Crippen LogP contribution in [0.15, 0.2) is 0 Å². The van der Waals surface area contributed by atoms with Gasteiger partial charge in [-0.3, -0.25) is 19.2 Å². The molecule has 0 heterocycles. The maximum absolute atomic E-state index is 11.4. The number of aliphatic hydroxyl groups is 4. The van der Waals surface area contributed by atoms with E-state index < -0.39 is 24.1 Å². The molecular weight excluding hydrogens is 744 g/mol. The Morgan fingerprint density at radius 2 is 0.569 bits per heavy atom. The molecule has 0 saturated carbocycles. The summed E-state index contributed by atoms with van der Waals surface area (Å²) in [6, 6.07) is 0. The topological polar surface area (TPSA) is 208 Å². The molecule has 2 atom stereocenters. The maximum Gasteiger partial charge on any atom is 0.305 e. The SMILES string of the molecule is CCCCCCCCCCCCCCCCCC(=O)OCC(O)CO.CCCCCCCCCCCCCCCCCC(=O)OCC(O)CO.O=C(O)CCC(=O)O. The number of aliphatic hydroxyl groups excluding tert-OH is 4. The number of unbranched alkanes of at least 4 members (excludes halogenated alkanes) is 28. The number of carbonyl (C=O) groups is 4.